The van der Waals surface area contributed by atoms with Crippen LogP contribution in [0.5, 0.6) is 0 Å². The van der Waals surface area contributed by atoms with Crippen LogP contribution in [-0.2, 0) is 9.05 Å². The molecule has 0 spiro atoms. The SMILES string of the molecule is O=c1cc(-c2cccc(S(=O)(=O)Cl)c2)[nH][nH]1. The van der Waals surface area contributed by atoms with Crippen molar-refractivity contribution in [3.63, 3.8) is 0 Å². The van der Waals surface area contributed by atoms with Gasteiger partial charge in [-0.2, -0.15) is 0 Å². The fraction of sp³-hybridized carbons (Fsp3) is 0. The number of aromatic amines is 2. The van der Waals surface area contributed by atoms with Gasteiger partial charge in [-0.05, 0) is 12.1 Å². The lowest BCUT2D eigenvalue weighted by atomic mass is 10.2. The first-order valence-electron chi connectivity index (χ1n) is 4.29. The molecule has 0 radical (unpaired) electrons. The van der Waals surface area contributed by atoms with Crippen molar-refractivity contribution in [2.75, 3.05) is 0 Å². The molecule has 0 saturated heterocycles. The number of halogens is 1. The highest BCUT2D eigenvalue weighted by Gasteiger charge is 2.11. The second-order valence-corrected chi connectivity index (χ2v) is 5.70. The predicted molar refractivity (Wildman–Crippen MR) is 59.9 cm³/mol. The largest absolute Gasteiger partial charge is 0.298 e. The summed E-state index contributed by atoms with van der Waals surface area (Å²) in [5.41, 5.74) is 0.793. The molecule has 0 fully saturated rings. The Labute approximate surface area is 95.5 Å². The topological polar surface area (TPSA) is 82.8 Å². The summed E-state index contributed by atoms with van der Waals surface area (Å²) < 4.78 is 22.2. The van der Waals surface area contributed by atoms with E-state index in [0.29, 0.717) is 11.3 Å². The first-order valence-corrected chi connectivity index (χ1v) is 6.60. The number of aromatic nitrogens is 2. The zero-order valence-corrected chi connectivity index (χ0v) is 9.47. The van der Waals surface area contributed by atoms with Crippen LogP contribution in [0.25, 0.3) is 11.3 Å². The summed E-state index contributed by atoms with van der Waals surface area (Å²) in [5, 5.41) is 4.99. The van der Waals surface area contributed by atoms with E-state index in [1.54, 1.807) is 12.1 Å². The lowest BCUT2D eigenvalue weighted by Crippen LogP contribution is -1.93. The molecule has 16 heavy (non-hydrogen) atoms. The Morgan fingerprint density at radius 1 is 1.12 bits per heavy atom. The summed E-state index contributed by atoms with van der Waals surface area (Å²) in [5.74, 6) is 0. The zero-order chi connectivity index (χ0) is 11.8. The molecule has 2 aromatic rings. The van der Waals surface area contributed by atoms with Crippen LogP contribution in [0.2, 0.25) is 0 Å². The number of nitrogens with one attached hydrogen (secondary N) is 2. The van der Waals surface area contributed by atoms with E-state index in [2.05, 4.69) is 10.2 Å². The lowest BCUT2D eigenvalue weighted by Gasteiger charge is -1.99. The molecule has 84 valence electrons. The molecular weight excluding hydrogens is 252 g/mol. The van der Waals surface area contributed by atoms with Crippen LogP contribution in [0.3, 0.4) is 0 Å². The van der Waals surface area contributed by atoms with Gasteiger partial charge in [0.05, 0.1) is 10.6 Å². The molecule has 0 unspecified atom stereocenters. The van der Waals surface area contributed by atoms with Crippen molar-refractivity contribution in [2.45, 2.75) is 4.90 Å². The Hall–Kier alpha value is -1.53. The van der Waals surface area contributed by atoms with Crippen molar-refractivity contribution in [3.8, 4) is 11.3 Å². The third-order valence-electron chi connectivity index (χ3n) is 2.02. The van der Waals surface area contributed by atoms with Crippen LogP contribution in [0.15, 0.2) is 40.0 Å². The van der Waals surface area contributed by atoms with Crippen molar-refractivity contribution in [2.24, 2.45) is 0 Å². The quantitative estimate of drug-likeness (QED) is 0.797. The summed E-state index contributed by atoms with van der Waals surface area (Å²) in [4.78, 5) is 10.9. The minimum absolute atomic E-state index is 0.00582. The summed E-state index contributed by atoms with van der Waals surface area (Å²) in [6.07, 6.45) is 0. The number of rotatable bonds is 2. The number of hydrogen-bond acceptors (Lipinski definition) is 3. The van der Waals surface area contributed by atoms with Crippen LogP contribution in [-0.4, -0.2) is 18.6 Å². The van der Waals surface area contributed by atoms with Crippen molar-refractivity contribution >= 4 is 19.7 Å². The van der Waals surface area contributed by atoms with Gasteiger partial charge in [-0.15, -0.1) is 0 Å². The van der Waals surface area contributed by atoms with E-state index in [1.165, 1.54) is 18.2 Å². The van der Waals surface area contributed by atoms with Crippen LogP contribution in [0.4, 0.5) is 0 Å². The van der Waals surface area contributed by atoms with E-state index < -0.39 is 9.05 Å². The first-order chi connectivity index (χ1) is 7.47. The lowest BCUT2D eigenvalue weighted by molar-refractivity contribution is 0.609. The van der Waals surface area contributed by atoms with E-state index in [0.717, 1.165) is 0 Å². The molecule has 1 heterocycles. The van der Waals surface area contributed by atoms with E-state index in [4.69, 9.17) is 10.7 Å². The highest BCUT2D eigenvalue weighted by Crippen LogP contribution is 2.21. The average Bonchev–Trinajstić information content (AvgIpc) is 2.64. The molecule has 2 rings (SSSR count). The molecule has 0 aliphatic heterocycles. The summed E-state index contributed by atoms with van der Waals surface area (Å²) in [7, 11) is 1.46. The Morgan fingerprint density at radius 3 is 2.44 bits per heavy atom. The molecule has 1 aromatic carbocycles. The van der Waals surface area contributed by atoms with Gasteiger partial charge in [0.1, 0.15) is 0 Å². The van der Waals surface area contributed by atoms with Crippen LogP contribution < -0.4 is 5.56 Å². The van der Waals surface area contributed by atoms with E-state index in [9.17, 15) is 13.2 Å². The first kappa shape index (κ1) is 11.0. The Morgan fingerprint density at radius 2 is 1.88 bits per heavy atom. The molecule has 1 aromatic heterocycles. The Kier molecular flexibility index (Phi) is 2.61. The molecule has 2 N–H and O–H groups in total. The van der Waals surface area contributed by atoms with Gasteiger partial charge in [-0.3, -0.25) is 15.0 Å². The summed E-state index contributed by atoms with van der Waals surface area (Å²) >= 11 is 0. The van der Waals surface area contributed by atoms with E-state index in [1.807, 2.05) is 0 Å². The van der Waals surface area contributed by atoms with Gasteiger partial charge < -0.3 is 0 Å². The minimum atomic E-state index is -3.76. The molecular formula is C9H7ClN2O3S. The molecule has 7 heteroatoms. The smallest absolute Gasteiger partial charge is 0.264 e. The maximum atomic E-state index is 11.1. The van der Waals surface area contributed by atoms with Crippen LogP contribution in [0, 0.1) is 0 Å². The third kappa shape index (κ3) is 2.17. The van der Waals surface area contributed by atoms with E-state index in [-0.39, 0.29) is 10.5 Å². The van der Waals surface area contributed by atoms with E-state index >= 15 is 0 Å². The third-order valence-corrected chi connectivity index (χ3v) is 3.37. The van der Waals surface area contributed by atoms with Gasteiger partial charge in [0.2, 0.25) is 0 Å². The molecule has 0 saturated carbocycles. The van der Waals surface area contributed by atoms with Crippen LogP contribution >= 0.6 is 10.7 Å². The minimum Gasteiger partial charge on any atom is -0.298 e. The van der Waals surface area contributed by atoms with Gasteiger partial charge in [-0.1, -0.05) is 12.1 Å². The summed E-state index contributed by atoms with van der Waals surface area (Å²) in [6.45, 7) is 0. The van der Waals surface area contributed by atoms with Crippen molar-refractivity contribution < 1.29 is 8.42 Å². The highest BCUT2D eigenvalue weighted by atomic mass is 35.7. The maximum absolute atomic E-state index is 11.1. The second kappa shape index (κ2) is 3.80. The van der Waals surface area contributed by atoms with Crippen molar-refractivity contribution in [1.82, 2.24) is 10.2 Å². The molecule has 0 bridgehead atoms. The molecule has 0 aliphatic rings. The zero-order valence-electron chi connectivity index (χ0n) is 7.90. The molecule has 5 nitrogen and oxygen atoms in total. The standard InChI is InChI=1S/C9H7ClN2O3S/c10-16(14,15)7-3-1-2-6(4-7)8-5-9(13)12-11-8/h1-5H,(H2,11,12,13). The highest BCUT2D eigenvalue weighted by molar-refractivity contribution is 8.13. The molecule has 0 aliphatic carbocycles. The number of H-pyrrole nitrogens is 2. The average molecular weight is 259 g/mol. The monoisotopic (exact) mass is 258 g/mol. The Balaban J connectivity index is 2.56. The molecule has 0 atom stereocenters. The van der Waals surface area contributed by atoms with Gasteiger partial charge in [0, 0.05) is 22.3 Å². The van der Waals surface area contributed by atoms with Gasteiger partial charge in [-0.25, -0.2) is 8.42 Å². The predicted octanol–water partition coefficient (Wildman–Crippen LogP) is 1.30. The van der Waals surface area contributed by atoms with Crippen molar-refractivity contribution in [1.29, 1.82) is 0 Å². The van der Waals surface area contributed by atoms with Gasteiger partial charge >= 0.3 is 0 Å². The van der Waals surface area contributed by atoms with Crippen molar-refractivity contribution in [3.05, 3.63) is 40.7 Å². The number of benzene rings is 1. The second-order valence-electron chi connectivity index (χ2n) is 3.14. The molecule has 0 amide bonds. The fourth-order valence-corrected chi connectivity index (χ4v) is 2.10. The van der Waals surface area contributed by atoms with Crippen LogP contribution in [0.1, 0.15) is 0 Å². The fourth-order valence-electron chi connectivity index (χ4n) is 1.30. The normalized spacial score (nSPS) is 11.6. The number of hydrogen-bond donors (Lipinski definition) is 2. The Bertz CT molecular complexity index is 672. The van der Waals surface area contributed by atoms with Gasteiger partial charge in [0.15, 0.2) is 0 Å². The summed E-state index contributed by atoms with van der Waals surface area (Å²) in [6, 6.07) is 7.33. The van der Waals surface area contributed by atoms with Gasteiger partial charge in [0.25, 0.3) is 14.6 Å². The maximum Gasteiger partial charge on any atom is 0.264 e.